The lowest BCUT2D eigenvalue weighted by atomic mass is 10.3. The minimum Gasteiger partial charge on any atom is -0.234 e. The van der Waals surface area contributed by atoms with Crippen molar-refractivity contribution >= 4 is 40.0 Å². The van der Waals surface area contributed by atoms with Crippen molar-refractivity contribution in [3.8, 4) is 0 Å². The van der Waals surface area contributed by atoms with Gasteiger partial charge in [0.2, 0.25) is 5.69 Å². The van der Waals surface area contributed by atoms with Crippen LogP contribution in [-0.4, -0.2) is 8.75 Å². The van der Waals surface area contributed by atoms with E-state index in [0.717, 1.165) is 17.2 Å². The molecule has 2 rings (SSSR count). The number of fused-ring (bicyclic) bond motifs is 1. The highest BCUT2D eigenvalue weighted by Crippen LogP contribution is 2.32. The van der Waals surface area contributed by atoms with Crippen molar-refractivity contribution in [1.29, 1.82) is 0 Å². The monoisotopic (exact) mass is 195 g/mol. The second kappa shape index (κ2) is 2.70. The molecule has 1 aromatic heterocycles. The van der Waals surface area contributed by atoms with Crippen molar-refractivity contribution in [3.63, 3.8) is 0 Å². The number of benzene rings is 1. The molecule has 0 saturated heterocycles. The number of halogens is 1. The molecule has 0 amide bonds. The molecular weight excluding hydrogens is 194 g/mol. The molecule has 0 fully saturated rings. The van der Waals surface area contributed by atoms with Crippen LogP contribution < -0.4 is 0 Å². The Morgan fingerprint density at radius 3 is 3.00 bits per heavy atom. The van der Waals surface area contributed by atoms with E-state index < -0.39 is 0 Å². The first-order chi connectivity index (χ1) is 5.83. The minimum absolute atomic E-state index is 0.392. The number of nitrogens with zero attached hydrogens (tertiary/aromatic N) is 3. The van der Waals surface area contributed by atoms with Crippen LogP contribution >= 0.6 is 23.3 Å². The molecule has 0 bridgehead atoms. The van der Waals surface area contributed by atoms with Crippen LogP contribution in [0.1, 0.15) is 0 Å². The van der Waals surface area contributed by atoms with Crippen LogP contribution in [0.2, 0.25) is 5.02 Å². The molecule has 0 radical (unpaired) electrons. The lowest BCUT2D eigenvalue weighted by Gasteiger charge is -1.92. The average molecular weight is 196 g/mol. The van der Waals surface area contributed by atoms with Gasteiger partial charge in [0, 0.05) is 5.02 Å². The molecule has 1 aromatic carbocycles. The van der Waals surface area contributed by atoms with Gasteiger partial charge in [-0.05, 0) is 6.07 Å². The third-order valence-corrected chi connectivity index (χ3v) is 2.31. The number of rotatable bonds is 0. The summed E-state index contributed by atoms with van der Waals surface area (Å²) in [6.45, 7) is 6.88. The Balaban J connectivity index is 2.94. The Morgan fingerprint density at radius 1 is 1.42 bits per heavy atom. The lowest BCUT2D eigenvalue weighted by molar-refractivity contribution is 1.65. The van der Waals surface area contributed by atoms with Crippen LogP contribution in [0.5, 0.6) is 0 Å². The molecule has 2 aromatic rings. The van der Waals surface area contributed by atoms with Crippen molar-refractivity contribution in [2.45, 2.75) is 0 Å². The summed E-state index contributed by atoms with van der Waals surface area (Å²) >= 11 is 6.87. The van der Waals surface area contributed by atoms with E-state index in [0.29, 0.717) is 16.2 Å². The Labute approximate surface area is 77.7 Å². The molecule has 12 heavy (non-hydrogen) atoms. The first-order valence-electron chi connectivity index (χ1n) is 3.11. The molecule has 1 heterocycles. The summed E-state index contributed by atoms with van der Waals surface area (Å²) in [4.78, 5) is 3.29. The van der Waals surface area contributed by atoms with E-state index in [1.807, 2.05) is 0 Å². The zero-order valence-electron chi connectivity index (χ0n) is 5.78. The summed E-state index contributed by atoms with van der Waals surface area (Å²) in [5.74, 6) is 0. The summed E-state index contributed by atoms with van der Waals surface area (Å²) in [5, 5.41) is 0.435. The molecule has 0 spiro atoms. The summed E-state index contributed by atoms with van der Waals surface area (Å²) in [7, 11) is 0. The molecule has 58 valence electrons. The fraction of sp³-hybridized carbons (Fsp3) is 0. The molecule has 0 aliphatic heterocycles. The molecule has 5 heteroatoms. The van der Waals surface area contributed by atoms with Crippen molar-refractivity contribution < 1.29 is 0 Å². The standard InChI is InChI=1S/C7H2ClN3S/c1-9-6-4(8)2-3-5-7(6)11-12-10-5/h2-3H. The van der Waals surface area contributed by atoms with E-state index in [2.05, 4.69) is 13.6 Å². The van der Waals surface area contributed by atoms with Crippen LogP contribution in [0, 0.1) is 6.57 Å². The van der Waals surface area contributed by atoms with Gasteiger partial charge in [0.15, 0.2) is 0 Å². The van der Waals surface area contributed by atoms with E-state index in [4.69, 9.17) is 18.2 Å². The van der Waals surface area contributed by atoms with E-state index in [1.165, 1.54) is 0 Å². The molecule has 0 aliphatic rings. The van der Waals surface area contributed by atoms with Crippen LogP contribution in [0.25, 0.3) is 15.9 Å². The number of aromatic nitrogens is 2. The van der Waals surface area contributed by atoms with Crippen molar-refractivity contribution in [3.05, 3.63) is 28.6 Å². The SMILES string of the molecule is [C-]#[N+]c1c(Cl)ccc2nsnc12. The smallest absolute Gasteiger partial charge is 0.233 e. The maximum Gasteiger partial charge on any atom is 0.233 e. The molecule has 0 unspecified atom stereocenters. The van der Waals surface area contributed by atoms with E-state index >= 15 is 0 Å². The third kappa shape index (κ3) is 0.951. The fourth-order valence-corrected chi connectivity index (χ4v) is 1.65. The molecule has 0 atom stereocenters. The minimum atomic E-state index is 0.392. The maximum atomic E-state index is 6.88. The fourth-order valence-electron chi connectivity index (χ4n) is 0.920. The summed E-state index contributed by atoms with van der Waals surface area (Å²) < 4.78 is 7.98. The van der Waals surface area contributed by atoms with Gasteiger partial charge in [0.1, 0.15) is 5.52 Å². The van der Waals surface area contributed by atoms with Gasteiger partial charge in [0.05, 0.1) is 23.8 Å². The Kier molecular flexibility index (Phi) is 1.68. The highest BCUT2D eigenvalue weighted by molar-refractivity contribution is 7.00. The van der Waals surface area contributed by atoms with Crippen LogP contribution in [0.3, 0.4) is 0 Å². The second-order valence-electron chi connectivity index (χ2n) is 2.14. The van der Waals surface area contributed by atoms with Crippen molar-refractivity contribution in [2.75, 3.05) is 0 Å². The molecular formula is C7H2ClN3S. The van der Waals surface area contributed by atoms with Crippen LogP contribution in [0.15, 0.2) is 12.1 Å². The summed E-state index contributed by atoms with van der Waals surface area (Å²) in [6, 6.07) is 3.43. The highest BCUT2D eigenvalue weighted by atomic mass is 35.5. The second-order valence-corrected chi connectivity index (χ2v) is 3.08. The van der Waals surface area contributed by atoms with Crippen LogP contribution in [0.4, 0.5) is 5.69 Å². The first kappa shape index (κ1) is 7.47. The van der Waals surface area contributed by atoms with Gasteiger partial charge in [0.25, 0.3) is 0 Å². The van der Waals surface area contributed by atoms with Gasteiger partial charge < -0.3 is 0 Å². The maximum absolute atomic E-state index is 6.88. The number of hydrogen-bond acceptors (Lipinski definition) is 3. The predicted molar refractivity (Wildman–Crippen MR) is 48.7 cm³/mol. The Morgan fingerprint density at radius 2 is 2.25 bits per heavy atom. The van der Waals surface area contributed by atoms with Gasteiger partial charge >= 0.3 is 0 Å². The predicted octanol–water partition coefficient (Wildman–Crippen LogP) is 2.90. The molecule has 0 saturated carbocycles. The molecule has 3 nitrogen and oxygen atoms in total. The van der Waals surface area contributed by atoms with Gasteiger partial charge in [-0.1, -0.05) is 17.7 Å². The van der Waals surface area contributed by atoms with E-state index in [9.17, 15) is 0 Å². The number of hydrogen-bond donors (Lipinski definition) is 0. The normalized spacial score (nSPS) is 10.0. The zero-order chi connectivity index (χ0) is 8.55. The van der Waals surface area contributed by atoms with Crippen LogP contribution in [-0.2, 0) is 0 Å². The van der Waals surface area contributed by atoms with Crippen molar-refractivity contribution in [1.82, 2.24) is 8.75 Å². The average Bonchev–Trinajstić information content (AvgIpc) is 2.52. The summed E-state index contributed by atoms with van der Waals surface area (Å²) in [6.07, 6.45) is 0. The Bertz CT molecular complexity index is 471. The van der Waals surface area contributed by atoms with E-state index in [1.54, 1.807) is 12.1 Å². The first-order valence-corrected chi connectivity index (χ1v) is 4.22. The van der Waals surface area contributed by atoms with Crippen molar-refractivity contribution in [2.24, 2.45) is 0 Å². The highest BCUT2D eigenvalue weighted by Gasteiger charge is 2.08. The lowest BCUT2D eigenvalue weighted by Crippen LogP contribution is -1.70. The zero-order valence-corrected chi connectivity index (χ0v) is 7.35. The van der Waals surface area contributed by atoms with Gasteiger partial charge in [-0.15, -0.1) is 0 Å². The summed E-state index contributed by atoms with van der Waals surface area (Å²) in [5.41, 5.74) is 1.72. The molecule has 0 aliphatic carbocycles. The van der Waals surface area contributed by atoms with Gasteiger partial charge in [-0.3, -0.25) is 0 Å². The third-order valence-electron chi connectivity index (χ3n) is 1.46. The van der Waals surface area contributed by atoms with Gasteiger partial charge in [-0.2, -0.15) is 8.75 Å². The van der Waals surface area contributed by atoms with E-state index in [-0.39, 0.29) is 0 Å². The van der Waals surface area contributed by atoms with Gasteiger partial charge in [-0.25, -0.2) is 4.85 Å². The molecule has 0 N–H and O–H groups in total. The largest absolute Gasteiger partial charge is 0.234 e. The topological polar surface area (TPSA) is 30.1 Å². The Hall–Kier alpha value is -1.18. The quantitative estimate of drug-likeness (QED) is 0.605.